The molecule has 0 saturated carbocycles. The number of nitrogens with one attached hydrogen (secondary N) is 1. The van der Waals surface area contributed by atoms with E-state index in [0.29, 0.717) is 23.9 Å². The molecule has 3 aromatic rings. The van der Waals surface area contributed by atoms with Crippen LogP contribution in [0.15, 0.2) is 53.6 Å². The first-order valence-electron chi connectivity index (χ1n) is 9.17. The number of aliphatic hydroxyl groups excluding tert-OH is 1. The van der Waals surface area contributed by atoms with E-state index in [1.54, 1.807) is 12.1 Å². The van der Waals surface area contributed by atoms with Crippen LogP contribution in [0.3, 0.4) is 0 Å². The fraction of sp³-hybridized carbons (Fsp3) is 0.200. The maximum absolute atomic E-state index is 13.8. The molecule has 0 atom stereocenters. The fourth-order valence-electron chi connectivity index (χ4n) is 3.08. The van der Waals surface area contributed by atoms with Gasteiger partial charge >= 0.3 is 5.97 Å². The van der Waals surface area contributed by atoms with Gasteiger partial charge in [-0.05, 0) is 42.5 Å². The van der Waals surface area contributed by atoms with Crippen LogP contribution in [-0.4, -0.2) is 49.6 Å². The summed E-state index contributed by atoms with van der Waals surface area (Å²) < 4.78 is 16.8. The number of aromatic nitrogens is 2. The highest BCUT2D eigenvalue weighted by Gasteiger charge is 2.28. The molecule has 8 nitrogen and oxygen atoms in total. The van der Waals surface area contributed by atoms with Crippen molar-refractivity contribution in [2.24, 2.45) is 0 Å². The van der Waals surface area contributed by atoms with Crippen LogP contribution in [0.2, 0.25) is 5.02 Å². The SMILES string of the molecule is OC1CN(c2cccc(SNc3ccc(Cl)c(-c4cc(F)ccc4C(O)(O)O)n3)n2)C1. The second-order valence-corrected chi connectivity index (χ2v) is 8.18. The van der Waals surface area contributed by atoms with Gasteiger partial charge in [-0.25, -0.2) is 14.4 Å². The standard InChI is InChI=1S/C20H18ClFN4O4S/c21-15-6-7-16(23-19(15)13-8-11(22)4-5-14(13)20(28,29)30)25-31-18-3-1-2-17(24-18)26-9-12(27)10-26/h1-8,12,27-30H,9-10H2,(H,23,25). The van der Waals surface area contributed by atoms with Gasteiger partial charge in [0.2, 0.25) is 0 Å². The highest BCUT2D eigenvalue weighted by Crippen LogP contribution is 2.35. The summed E-state index contributed by atoms with van der Waals surface area (Å²) in [6, 6.07) is 11.6. The Hall–Kier alpha value is -2.47. The van der Waals surface area contributed by atoms with Crippen molar-refractivity contribution in [1.29, 1.82) is 0 Å². The lowest BCUT2D eigenvalue weighted by atomic mass is 10.0. The average molecular weight is 465 g/mol. The number of pyridine rings is 2. The van der Waals surface area contributed by atoms with E-state index in [2.05, 4.69) is 14.7 Å². The minimum Gasteiger partial charge on any atom is -0.389 e. The Kier molecular flexibility index (Phi) is 6.02. The Labute approximate surface area is 186 Å². The van der Waals surface area contributed by atoms with E-state index in [4.69, 9.17) is 11.6 Å². The number of hydrogen-bond donors (Lipinski definition) is 5. The maximum Gasteiger partial charge on any atom is 0.305 e. The third-order valence-corrected chi connectivity index (χ3v) is 5.65. The molecule has 31 heavy (non-hydrogen) atoms. The van der Waals surface area contributed by atoms with Crippen molar-refractivity contribution in [3.8, 4) is 11.3 Å². The lowest BCUT2D eigenvalue weighted by Gasteiger charge is -2.36. The van der Waals surface area contributed by atoms with E-state index in [1.165, 1.54) is 18.0 Å². The Morgan fingerprint density at radius 3 is 2.58 bits per heavy atom. The molecule has 3 heterocycles. The van der Waals surface area contributed by atoms with Gasteiger partial charge in [-0.2, -0.15) is 0 Å². The van der Waals surface area contributed by atoms with Crippen molar-refractivity contribution in [2.75, 3.05) is 22.7 Å². The summed E-state index contributed by atoms with van der Waals surface area (Å²) >= 11 is 7.39. The van der Waals surface area contributed by atoms with Gasteiger partial charge in [0.25, 0.3) is 0 Å². The van der Waals surface area contributed by atoms with Crippen LogP contribution in [0.25, 0.3) is 11.3 Å². The summed E-state index contributed by atoms with van der Waals surface area (Å²) in [7, 11) is 0. The van der Waals surface area contributed by atoms with Gasteiger partial charge in [0.15, 0.2) is 0 Å². The molecule has 1 aliphatic heterocycles. The molecule has 0 aliphatic carbocycles. The lowest BCUT2D eigenvalue weighted by molar-refractivity contribution is -0.323. The molecule has 0 radical (unpaired) electrons. The molecule has 1 fully saturated rings. The average Bonchev–Trinajstić information content (AvgIpc) is 2.70. The molecular weight excluding hydrogens is 447 g/mol. The van der Waals surface area contributed by atoms with Gasteiger partial charge in [0.05, 0.1) is 22.4 Å². The largest absolute Gasteiger partial charge is 0.389 e. The Bertz CT molecular complexity index is 1110. The van der Waals surface area contributed by atoms with Crippen molar-refractivity contribution in [3.63, 3.8) is 0 Å². The second kappa shape index (κ2) is 8.58. The zero-order chi connectivity index (χ0) is 22.2. The number of nitrogens with zero attached hydrogens (tertiary/aromatic N) is 3. The first-order valence-corrected chi connectivity index (χ1v) is 10.4. The van der Waals surface area contributed by atoms with Gasteiger partial charge in [-0.15, -0.1) is 0 Å². The number of rotatable bonds is 6. The van der Waals surface area contributed by atoms with E-state index >= 15 is 0 Å². The predicted octanol–water partition coefficient (Wildman–Crippen LogP) is 2.32. The molecule has 0 spiro atoms. The van der Waals surface area contributed by atoms with Crippen molar-refractivity contribution >= 4 is 35.2 Å². The van der Waals surface area contributed by atoms with Crippen LogP contribution >= 0.6 is 23.5 Å². The third-order valence-electron chi connectivity index (χ3n) is 4.60. The number of aliphatic hydroxyl groups is 4. The Morgan fingerprint density at radius 2 is 1.87 bits per heavy atom. The number of β-amino-alcohol motifs (C(OH)–C–C–N with tert-alkyl or cyclic N) is 1. The highest BCUT2D eigenvalue weighted by molar-refractivity contribution is 8.00. The summed E-state index contributed by atoms with van der Waals surface area (Å²) in [4.78, 5) is 10.8. The van der Waals surface area contributed by atoms with Gasteiger partial charge in [0, 0.05) is 30.6 Å². The normalized spacial score (nSPS) is 14.5. The minimum atomic E-state index is -3.19. The third kappa shape index (κ3) is 4.90. The zero-order valence-corrected chi connectivity index (χ0v) is 17.5. The van der Waals surface area contributed by atoms with Crippen molar-refractivity contribution in [3.05, 3.63) is 64.9 Å². The van der Waals surface area contributed by atoms with Crippen LogP contribution in [0.1, 0.15) is 5.56 Å². The Balaban J connectivity index is 1.57. The first-order chi connectivity index (χ1) is 14.7. The molecule has 11 heteroatoms. The molecule has 162 valence electrons. The quantitative estimate of drug-likeness (QED) is 0.276. The minimum absolute atomic E-state index is 0.0552. The number of anilines is 2. The monoisotopic (exact) mass is 464 g/mol. The van der Waals surface area contributed by atoms with Crippen LogP contribution in [0.4, 0.5) is 16.0 Å². The van der Waals surface area contributed by atoms with Gasteiger partial charge < -0.3 is 30.0 Å². The second-order valence-electron chi connectivity index (χ2n) is 6.95. The smallest absolute Gasteiger partial charge is 0.305 e. The molecule has 0 amide bonds. The van der Waals surface area contributed by atoms with Gasteiger partial charge in [-0.3, -0.25) is 0 Å². The van der Waals surface area contributed by atoms with Crippen LogP contribution in [-0.2, 0) is 5.97 Å². The molecule has 1 aliphatic rings. The Morgan fingerprint density at radius 1 is 1.10 bits per heavy atom. The molecule has 1 saturated heterocycles. The van der Waals surface area contributed by atoms with Crippen LogP contribution in [0, 0.1) is 5.82 Å². The van der Waals surface area contributed by atoms with E-state index in [9.17, 15) is 24.8 Å². The number of hydrogen-bond acceptors (Lipinski definition) is 9. The summed E-state index contributed by atoms with van der Waals surface area (Å²) in [5.74, 6) is -2.76. The summed E-state index contributed by atoms with van der Waals surface area (Å²) in [5, 5.41) is 39.1. The molecule has 4 rings (SSSR count). The van der Waals surface area contributed by atoms with Gasteiger partial charge in [-0.1, -0.05) is 17.7 Å². The molecule has 5 N–H and O–H groups in total. The first kappa shape index (κ1) is 21.8. The molecule has 1 aromatic carbocycles. The van der Waals surface area contributed by atoms with E-state index in [0.717, 1.165) is 24.0 Å². The van der Waals surface area contributed by atoms with Crippen molar-refractivity contribution < 1.29 is 24.8 Å². The fourth-order valence-corrected chi connectivity index (χ4v) is 3.89. The number of halogens is 2. The highest BCUT2D eigenvalue weighted by atomic mass is 35.5. The van der Waals surface area contributed by atoms with Gasteiger partial charge in [0.1, 0.15) is 22.5 Å². The van der Waals surface area contributed by atoms with Crippen molar-refractivity contribution in [1.82, 2.24) is 9.97 Å². The molecule has 0 bridgehead atoms. The van der Waals surface area contributed by atoms with Crippen LogP contribution in [0.5, 0.6) is 0 Å². The lowest BCUT2D eigenvalue weighted by Crippen LogP contribution is -2.51. The molecule has 2 aromatic heterocycles. The maximum atomic E-state index is 13.8. The predicted molar refractivity (Wildman–Crippen MR) is 115 cm³/mol. The molecule has 0 unspecified atom stereocenters. The zero-order valence-electron chi connectivity index (χ0n) is 15.9. The van der Waals surface area contributed by atoms with E-state index < -0.39 is 11.8 Å². The summed E-state index contributed by atoms with van der Waals surface area (Å²) in [6.07, 6.45) is -0.337. The van der Waals surface area contributed by atoms with Crippen LogP contribution < -0.4 is 9.62 Å². The molecular formula is C20H18ClFN4O4S. The topological polar surface area (TPSA) is 122 Å². The van der Waals surface area contributed by atoms with Crippen molar-refractivity contribution in [2.45, 2.75) is 17.1 Å². The summed E-state index contributed by atoms with van der Waals surface area (Å²) in [6.45, 7) is 1.07. The summed E-state index contributed by atoms with van der Waals surface area (Å²) in [5.41, 5.74) is -0.374. The van der Waals surface area contributed by atoms with E-state index in [1.807, 2.05) is 17.0 Å². The number of benzene rings is 1. The van der Waals surface area contributed by atoms with E-state index in [-0.39, 0.29) is 27.9 Å².